The number of aliphatic hydroxyl groups excluding tert-OH is 1. The minimum absolute atomic E-state index is 0.141. The molecule has 2 saturated heterocycles. The van der Waals surface area contributed by atoms with E-state index in [2.05, 4.69) is 42.5 Å². The average molecular weight is 626 g/mol. The quantitative estimate of drug-likeness (QED) is 0.225. The number of aryl methyl sites for hydroxylation is 1. The second-order valence-electron chi connectivity index (χ2n) is 12.2. The Hall–Kier alpha value is -4.52. The number of nitrogens with zero attached hydrogens (tertiary/aromatic N) is 5. The number of hydrogen-bond acceptors (Lipinski definition) is 11. The number of carbonyl (C=O) groups excluding carboxylic acids is 1. The van der Waals surface area contributed by atoms with Crippen LogP contribution in [0, 0.1) is 6.92 Å². The maximum Gasteiger partial charge on any atom is 0.251 e. The number of hydrogen-bond donors (Lipinski definition) is 3. The number of β-amino-alcohol motifs (C(OH)–C–C–N with tert-alkyl or cyclic N) is 1. The highest BCUT2D eigenvalue weighted by Gasteiger charge is 2.38. The summed E-state index contributed by atoms with van der Waals surface area (Å²) in [5.41, 5.74) is 4.55. The summed E-state index contributed by atoms with van der Waals surface area (Å²) in [6, 6.07) is 14.0. The molecule has 1 amide bonds. The number of anilines is 3. The number of amides is 1. The summed E-state index contributed by atoms with van der Waals surface area (Å²) < 4.78 is 17.1. The molecule has 4 aromatic rings. The molecule has 2 bridgehead atoms. The molecule has 6 heterocycles. The molecule has 0 spiro atoms. The average Bonchev–Trinajstić information content (AvgIpc) is 3.60. The Bertz CT molecular complexity index is 1650. The van der Waals surface area contributed by atoms with E-state index in [4.69, 9.17) is 18.9 Å². The van der Waals surface area contributed by atoms with Gasteiger partial charge in [0.25, 0.3) is 5.91 Å². The van der Waals surface area contributed by atoms with Crippen molar-refractivity contribution in [2.75, 3.05) is 43.1 Å². The number of oxazole rings is 1. The number of fused-ring (bicyclic) bond motifs is 3. The molecule has 12 heteroatoms. The highest BCUT2D eigenvalue weighted by Crippen LogP contribution is 2.34. The minimum Gasteiger partial charge on any atom is -0.486 e. The van der Waals surface area contributed by atoms with Crippen LogP contribution in [0.4, 0.5) is 17.3 Å². The van der Waals surface area contributed by atoms with E-state index in [1.54, 1.807) is 18.5 Å². The van der Waals surface area contributed by atoms with Crippen molar-refractivity contribution in [1.82, 2.24) is 25.2 Å². The van der Waals surface area contributed by atoms with E-state index in [0.29, 0.717) is 37.7 Å². The van der Waals surface area contributed by atoms with Crippen LogP contribution in [0.15, 0.2) is 65.7 Å². The fourth-order valence-corrected chi connectivity index (χ4v) is 6.55. The Morgan fingerprint density at radius 1 is 1.15 bits per heavy atom. The van der Waals surface area contributed by atoms with Gasteiger partial charge in [0.05, 0.1) is 49.0 Å². The predicted octanol–water partition coefficient (Wildman–Crippen LogP) is 3.61. The molecule has 7 rings (SSSR count). The number of rotatable bonds is 11. The van der Waals surface area contributed by atoms with E-state index in [0.717, 1.165) is 61.1 Å². The predicted molar refractivity (Wildman–Crippen MR) is 171 cm³/mol. The van der Waals surface area contributed by atoms with Gasteiger partial charge in [0.15, 0.2) is 12.2 Å². The third-order valence-corrected chi connectivity index (χ3v) is 8.96. The van der Waals surface area contributed by atoms with Gasteiger partial charge < -0.3 is 34.5 Å². The molecule has 2 fully saturated rings. The van der Waals surface area contributed by atoms with Crippen molar-refractivity contribution in [3.05, 3.63) is 89.4 Å². The van der Waals surface area contributed by atoms with Crippen LogP contribution >= 0.6 is 0 Å². The zero-order valence-corrected chi connectivity index (χ0v) is 25.9. The summed E-state index contributed by atoms with van der Waals surface area (Å²) in [5.74, 6) is 2.58. The SMILES string of the molecule is Cc1ncoc1COc1ccc2c(c1)CCN(CC(O)CNC(=O)c1cc(Nc3cccnc3)nc(N3[C@@H]4CC[C@H]3COC4)c1)C2. The summed E-state index contributed by atoms with van der Waals surface area (Å²) >= 11 is 0. The summed E-state index contributed by atoms with van der Waals surface area (Å²) in [6.45, 7) is 5.68. The van der Waals surface area contributed by atoms with E-state index in [9.17, 15) is 9.90 Å². The van der Waals surface area contributed by atoms with Crippen LogP contribution in [0.3, 0.4) is 0 Å². The number of aromatic nitrogens is 3. The Balaban J connectivity index is 0.963. The van der Waals surface area contributed by atoms with Gasteiger partial charge in [-0.2, -0.15) is 0 Å². The first-order valence-electron chi connectivity index (χ1n) is 15.9. The van der Waals surface area contributed by atoms with Crippen molar-refractivity contribution < 1.29 is 23.8 Å². The van der Waals surface area contributed by atoms with Crippen LogP contribution in [0.1, 0.15) is 45.8 Å². The topological polar surface area (TPSA) is 138 Å². The third-order valence-electron chi connectivity index (χ3n) is 8.96. The van der Waals surface area contributed by atoms with E-state index >= 15 is 0 Å². The Labute approximate surface area is 267 Å². The zero-order chi connectivity index (χ0) is 31.5. The summed E-state index contributed by atoms with van der Waals surface area (Å²) in [6.07, 6.45) is 7.07. The van der Waals surface area contributed by atoms with Gasteiger partial charge in [-0.3, -0.25) is 14.7 Å². The number of nitrogens with one attached hydrogen (secondary N) is 2. The van der Waals surface area contributed by atoms with Crippen molar-refractivity contribution in [2.45, 2.75) is 57.5 Å². The molecule has 0 radical (unpaired) electrons. The number of morpholine rings is 1. The van der Waals surface area contributed by atoms with Gasteiger partial charge in [-0.15, -0.1) is 0 Å². The Morgan fingerprint density at radius 2 is 2.02 bits per heavy atom. The van der Waals surface area contributed by atoms with Gasteiger partial charge >= 0.3 is 0 Å². The molecule has 12 nitrogen and oxygen atoms in total. The van der Waals surface area contributed by atoms with Crippen molar-refractivity contribution in [3.8, 4) is 5.75 Å². The van der Waals surface area contributed by atoms with Crippen LogP contribution in [0.25, 0.3) is 0 Å². The van der Waals surface area contributed by atoms with E-state index in [-0.39, 0.29) is 24.5 Å². The molecular weight excluding hydrogens is 586 g/mol. The normalized spacial score (nSPS) is 19.8. The molecule has 1 aromatic carbocycles. The van der Waals surface area contributed by atoms with Crippen LogP contribution in [0.2, 0.25) is 0 Å². The van der Waals surface area contributed by atoms with Gasteiger partial charge in [0.1, 0.15) is 24.0 Å². The molecular formula is C34H39N7O5. The van der Waals surface area contributed by atoms with Crippen molar-refractivity contribution in [1.29, 1.82) is 0 Å². The molecule has 3 aliphatic rings. The maximum absolute atomic E-state index is 13.4. The first-order valence-corrected chi connectivity index (χ1v) is 15.9. The largest absolute Gasteiger partial charge is 0.486 e. The van der Waals surface area contributed by atoms with E-state index in [1.807, 2.05) is 31.2 Å². The van der Waals surface area contributed by atoms with Gasteiger partial charge in [-0.05, 0) is 73.7 Å². The molecule has 1 unspecified atom stereocenters. The minimum atomic E-state index is -0.720. The molecule has 3 atom stereocenters. The second-order valence-corrected chi connectivity index (χ2v) is 12.2. The number of aliphatic hydroxyl groups is 1. The summed E-state index contributed by atoms with van der Waals surface area (Å²) in [5, 5.41) is 17.2. The Morgan fingerprint density at radius 3 is 2.80 bits per heavy atom. The molecule has 0 saturated carbocycles. The van der Waals surface area contributed by atoms with Crippen LogP contribution < -0.4 is 20.3 Å². The fraction of sp³-hybridized carbons (Fsp3) is 0.412. The molecule has 240 valence electrons. The van der Waals surface area contributed by atoms with Crippen molar-refractivity contribution in [3.63, 3.8) is 0 Å². The molecule has 3 N–H and O–H groups in total. The lowest BCUT2D eigenvalue weighted by atomic mass is 9.99. The first kappa shape index (κ1) is 30.2. The van der Waals surface area contributed by atoms with Crippen molar-refractivity contribution >= 4 is 23.2 Å². The smallest absolute Gasteiger partial charge is 0.251 e. The highest BCUT2D eigenvalue weighted by molar-refractivity contribution is 5.96. The van der Waals surface area contributed by atoms with Gasteiger partial charge in [0.2, 0.25) is 0 Å². The maximum atomic E-state index is 13.4. The third kappa shape index (κ3) is 6.84. The molecule has 0 aliphatic carbocycles. The molecule has 3 aliphatic heterocycles. The number of carbonyl (C=O) groups is 1. The van der Waals surface area contributed by atoms with Gasteiger partial charge in [-0.25, -0.2) is 9.97 Å². The first-order chi connectivity index (χ1) is 22.5. The number of ether oxygens (including phenoxy) is 2. The number of benzene rings is 1. The second kappa shape index (κ2) is 13.5. The van der Waals surface area contributed by atoms with E-state index in [1.165, 1.54) is 17.5 Å². The van der Waals surface area contributed by atoms with E-state index < -0.39 is 6.10 Å². The zero-order valence-electron chi connectivity index (χ0n) is 25.9. The van der Waals surface area contributed by atoms with Gasteiger partial charge in [0, 0.05) is 37.9 Å². The van der Waals surface area contributed by atoms with Crippen LogP contribution in [0.5, 0.6) is 5.75 Å². The standard InChI is InChI=1S/C34H39N7O5/c1-22-31(46-21-37-22)20-45-30-7-4-24-16-40(10-8-23(24)11-30)17-29(42)15-36-34(43)25-12-32(38-26-3-2-9-35-14-26)39-33(13-25)41-27-5-6-28(41)19-44-18-27/h2-4,7,9,11-14,21,27-29,42H,5-6,8,10,15-20H2,1H3,(H,36,43)(H,38,39)/t27-,28+,29?. The number of pyridine rings is 2. The molecule has 46 heavy (non-hydrogen) atoms. The lowest BCUT2D eigenvalue weighted by molar-refractivity contribution is 0.0841. The van der Waals surface area contributed by atoms with Crippen molar-refractivity contribution in [2.24, 2.45) is 0 Å². The Kier molecular flexibility index (Phi) is 8.82. The van der Waals surface area contributed by atoms with Crippen LogP contribution in [-0.4, -0.2) is 81.9 Å². The monoisotopic (exact) mass is 625 g/mol. The molecule has 3 aromatic heterocycles. The lowest BCUT2D eigenvalue weighted by Crippen LogP contribution is -2.46. The lowest BCUT2D eigenvalue weighted by Gasteiger charge is -2.36. The fourth-order valence-electron chi connectivity index (χ4n) is 6.55. The highest BCUT2D eigenvalue weighted by atomic mass is 16.5. The van der Waals surface area contributed by atoms with Crippen LogP contribution in [-0.2, 0) is 24.3 Å². The summed E-state index contributed by atoms with van der Waals surface area (Å²) in [4.78, 5) is 31.1. The van der Waals surface area contributed by atoms with Gasteiger partial charge in [-0.1, -0.05) is 6.07 Å². The summed E-state index contributed by atoms with van der Waals surface area (Å²) in [7, 11) is 0.